The summed E-state index contributed by atoms with van der Waals surface area (Å²) in [6, 6.07) is 11.6. The molecule has 0 heterocycles. The standard InChI is InChI=1S/C10H10N2/c1-8(10(12)7-11)9-5-3-2-4-6-9/h2-6H,12H2,1H3. The quantitative estimate of drug-likeness (QED) is 0.634. The minimum Gasteiger partial charge on any atom is -0.390 e. The fourth-order valence-corrected chi connectivity index (χ4v) is 0.928. The maximum Gasteiger partial charge on any atom is 0.117 e. The van der Waals surface area contributed by atoms with Crippen LogP contribution in [0.15, 0.2) is 36.0 Å². The van der Waals surface area contributed by atoms with Gasteiger partial charge in [-0.05, 0) is 18.1 Å². The van der Waals surface area contributed by atoms with Crippen molar-refractivity contribution < 1.29 is 0 Å². The van der Waals surface area contributed by atoms with Gasteiger partial charge in [-0.1, -0.05) is 30.3 Å². The summed E-state index contributed by atoms with van der Waals surface area (Å²) in [5, 5.41) is 8.53. The van der Waals surface area contributed by atoms with Crippen LogP contribution in [0.3, 0.4) is 0 Å². The van der Waals surface area contributed by atoms with Crippen LogP contribution < -0.4 is 5.73 Å². The molecule has 0 aliphatic rings. The van der Waals surface area contributed by atoms with E-state index < -0.39 is 0 Å². The van der Waals surface area contributed by atoms with Crippen molar-refractivity contribution in [1.82, 2.24) is 0 Å². The Labute approximate surface area is 71.9 Å². The van der Waals surface area contributed by atoms with Crippen LogP contribution in [-0.2, 0) is 0 Å². The normalized spacial score (nSPS) is 11.7. The van der Waals surface area contributed by atoms with Crippen molar-refractivity contribution in [3.05, 3.63) is 41.6 Å². The molecular formula is C10H10N2. The predicted octanol–water partition coefficient (Wildman–Crippen LogP) is 1.90. The zero-order chi connectivity index (χ0) is 8.97. The topological polar surface area (TPSA) is 49.8 Å². The van der Waals surface area contributed by atoms with E-state index in [1.807, 2.05) is 43.3 Å². The molecule has 1 aromatic carbocycles. The number of benzene rings is 1. The molecular weight excluding hydrogens is 148 g/mol. The molecule has 60 valence electrons. The first kappa shape index (κ1) is 8.35. The van der Waals surface area contributed by atoms with E-state index in [9.17, 15) is 0 Å². The number of allylic oxidation sites excluding steroid dienone is 2. The van der Waals surface area contributed by atoms with Crippen molar-refractivity contribution in [2.75, 3.05) is 0 Å². The highest BCUT2D eigenvalue weighted by Crippen LogP contribution is 2.14. The van der Waals surface area contributed by atoms with Gasteiger partial charge < -0.3 is 5.73 Å². The number of rotatable bonds is 1. The lowest BCUT2D eigenvalue weighted by atomic mass is 10.1. The lowest BCUT2D eigenvalue weighted by molar-refractivity contribution is 1.37. The van der Waals surface area contributed by atoms with E-state index in [0.29, 0.717) is 0 Å². The average Bonchev–Trinajstić information content (AvgIpc) is 2.17. The smallest absolute Gasteiger partial charge is 0.117 e. The van der Waals surface area contributed by atoms with Crippen LogP contribution >= 0.6 is 0 Å². The van der Waals surface area contributed by atoms with E-state index in [1.165, 1.54) is 0 Å². The van der Waals surface area contributed by atoms with Crippen molar-refractivity contribution in [1.29, 1.82) is 5.26 Å². The van der Waals surface area contributed by atoms with Gasteiger partial charge in [-0.25, -0.2) is 0 Å². The van der Waals surface area contributed by atoms with Crippen molar-refractivity contribution in [3.63, 3.8) is 0 Å². The van der Waals surface area contributed by atoms with Crippen LogP contribution in [0.25, 0.3) is 5.57 Å². The van der Waals surface area contributed by atoms with Gasteiger partial charge >= 0.3 is 0 Å². The van der Waals surface area contributed by atoms with Crippen LogP contribution in [0.5, 0.6) is 0 Å². The largest absolute Gasteiger partial charge is 0.390 e. The van der Waals surface area contributed by atoms with E-state index in [0.717, 1.165) is 11.1 Å². The maximum absolute atomic E-state index is 8.53. The molecule has 0 aliphatic carbocycles. The predicted molar refractivity (Wildman–Crippen MR) is 48.8 cm³/mol. The molecule has 0 radical (unpaired) electrons. The van der Waals surface area contributed by atoms with Gasteiger partial charge in [0.25, 0.3) is 0 Å². The fraction of sp³-hybridized carbons (Fsp3) is 0.100. The number of nitrogens with two attached hydrogens (primary N) is 1. The molecule has 0 saturated carbocycles. The third-order valence-corrected chi connectivity index (χ3v) is 1.73. The summed E-state index contributed by atoms with van der Waals surface area (Å²) in [7, 11) is 0. The van der Waals surface area contributed by atoms with Crippen LogP contribution in [0.1, 0.15) is 12.5 Å². The van der Waals surface area contributed by atoms with E-state index >= 15 is 0 Å². The lowest BCUT2D eigenvalue weighted by Gasteiger charge is -2.00. The second kappa shape index (κ2) is 3.59. The van der Waals surface area contributed by atoms with Gasteiger partial charge in [0.1, 0.15) is 11.8 Å². The van der Waals surface area contributed by atoms with Gasteiger partial charge in [0.05, 0.1) is 0 Å². The maximum atomic E-state index is 8.53. The van der Waals surface area contributed by atoms with Crippen LogP contribution in [-0.4, -0.2) is 0 Å². The Balaban J connectivity index is 3.11. The summed E-state index contributed by atoms with van der Waals surface area (Å²) in [4.78, 5) is 0. The Morgan fingerprint density at radius 3 is 2.42 bits per heavy atom. The van der Waals surface area contributed by atoms with Crippen LogP contribution in [0.4, 0.5) is 0 Å². The van der Waals surface area contributed by atoms with Crippen molar-refractivity contribution in [2.45, 2.75) is 6.92 Å². The zero-order valence-electron chi connectivity index (χ0n) is 6.91. The Kier molecular flexibility index (Phi) is 2.49. The highest BCUT2D eigenvalue weighted by Gasteiger charge is 1.98. The van der Waals surface area contributed by atoms with E-state index in [1.54, 1.807) is 0 Å². The molecule has 1 aromatic rings. The first-order chi connectivity index (χ1) is 5.75. The molecule has 2 nitrogen and oxygen atoms in total. The molecule has 0 amide bonds. The second-order valence-corrected chi connectivity index (χ2v) is 2.52. The van der Waals surface area contributed by atoms with Crippen molar-refractivity contribution in [2.24, 2.45) is 5.73 Å². The summed E-state index contributed by atoms with van der Waals surface area (Å²) in [5.74, 6) is 0. The summed E-state index contributed by atoms with van der Waals surface area (Å²) < 4.78 is 0. The molecule has 0 fully saturated rings. The minimum atomic E-state index is 0.279. The molecule has 0 spiro atoms. The summed E-state index contributed by atoms with van der Waals surface area (Å²) in [6.45, 7) is 1.84. The third kappa shape index (κ3) is 1.64. The van der Waals surface area contributed by atoms with E-state index in [-0.39, 0.29) is 5.70 Å². The summed E-state index contributed by atoms with van der Waals surface area (Å²) >= 11 is 0. The lowest BCUT2D eigenvalue weighted by Crippen LogP contribution is -1.96. The van der Waals surface area contributed by atoms with Gasteiger partial charge in [0.2, 0.25) is 0 Å². The Hall–Kier alpha value is -1.75. The molecule has 0 aromatic heterocycles. The summed E-state index contributed by atoms with van der Waals surface area (Å²) in [6.07, 6.45) is 0. The Morgan fingerprint density at radius 2 is 1.92 bits per heavy atom. The summed E-state index contributed by atoms with van der Waals surface area (Å²) in [5.41, 5.74) is 7.57. The number of nitrogens with zero attached hydrogens (tertiary/aromatic N) is 1. The molecule has 0 aliphatic heterocycles. The molecule has 2 N–H and O–H groups in total. The fourth-order valence-electron chi connectivity index (χ4n) is 0.928. The third-order valence-electron chi connectivity index (χ3n) is 1.73. The highest BCUT2D eigenvalue weighted by molar-refractivity contribution is 5.68. The van der Waals surface area contributed by atoms with Crippen LogP contribution in [0, 0.1) is 11.3 Å². The van der Waals surface area contributed by atoms with Crippen molar-refractivity contribution in [3.8, 4) is 6.07 Å². The Morgan fingerprint density at radius 1 is 1.33 bits per heavy atom. The SMILES string of the molecule is CC(=C(N)C#N)c1ccccc1. The molecule has 0 unspecified atom stereocenters. The first-order valence-corrected chi connectivity index (χ1v) is 3.67. The van der Waals surface area contributed by atoms with Gasteiger partial charge in [0, 0.05) is 0 Å². The van der Waals surface area contributed by atoms with E-state index in [4.69, 9.17) is 11.0 Å². The van der Waals surface area contributed by atoms with E-state index in [2.05, 4.69) is 0 Å². The van der Waals surface area contributed by atoms with Gasteiger partial charge in [0.15, 0.2) is 0 Å². The molecule has 0 atom stereocenters. The average molecular weight is 158 g/mol. The number of hydrogen-bond donors (Lipinski definition) is 1. The minimum absolute atomic E-state index is 0.279. The highest BCUT2D eigenvalue weighted by atomic mass is 14.6. The molecule has 2 heteroatoms. The Bertz CT molecular complexity index is 331. The molecule has 0 bridgehead atoms. The van der Waals surface area contributed by atoms with Crippen LogP contribution in [0.2, 0.25) is 0 Å². The molecule has 0 saturated heterocycles. The molecule has 1 rings (SSSR count). The zero-order valence-corrected chi connectivity index (χ0v) is 6.91. The number of hydrogen-bond acceptors (Lipinski definition) is 2. The second-order valence-electron chi connectivity index (χ2n) is 2.52. The van der Waals surface area contributed by atoms with Gasteiger partial charge in [-0.3, -0.25) is 0 Å². The molecule has 12 heavy (non-hydrogen) atoms. The van der Waals surface area contributed by atoms with Gasteiger partial charge in [-0.2, -0.15) is 5.26 Å². The number of nitriles is 1. The first-order valence-electron chi connectivity index (χ1n) is 3.67. The van der Waals surface area contributed by atoms with Crippen molar-refractivity contribution >= 4 is 5.57 Å². The van der Waals surface area contributed by atoms with Gasteiger partial charge in [-0.15, -0.1) is 0 Å². The monoisotopic (exact) mass is 158 g/mol.